The summed E-state index contributed by atoms with van der Waals surface area (Å²) in [5.74, 6) is 1.58. The van der Waals surface area contributed by atoms with Crippen LogP contribution >= 0.6 is 23.1 Å². The zero-order valence-corrected chi connectivity index (χ0v) is 21.5. The Morgan fingerprint density at radius 3 is 2.68 bits per heavy atom. The maximum atomic E-state index is 13.3. The minimum absolute atomic E-state index is 0.194. The summed E-state index contributed by atoms with van der Waals surface area (Å²) in [4.78, 5) is 19.3. The average molecular weight is 496 g/mol. The Kier molecular flexibility index (Phi) is 7.67. The molecule has 4 heterocycles. The fourth-order valence-corrected chi connectivity index (χ4v) is 6.90. The van der Waals surface area contributed by atoms with Gasteiger partial charge in [-0.2, -0.15) is 0 Å². The van der Waals surface area contributed by atoms with Crippen molar-refractivity contribution in [2.45, 2.75) is 63.3 Å². The highest BCUT2D eigenvalue weighted by Gasteiger charge is 2.30. The molecule has 2 aromatic heterocycles. The van der Waals surface area contributed by atoms with Gasteiger partial charge in [0.1, 0.15) is 5.82 Å². The molecule has 0 aliphatic carbocycles. The van der Waals surface area contributed by atoms with E-state index in [1.807, 2.05) is 17.4 Å². The summed E-state index contributed by atoms with van der Waals surface area (Å²) in [6.45, 7) is 6.77. The second kappa shape index (κ2) is 11.1. The summed E-state index contributed by atoms with van der Waals surface area (Å²) in [7, 11) is 0. The van der Waals surface area contributed by atoms with Crippen molar-refractivity contribution in [1.82, 2.24) is 24.6 Å². The zero-order valence-electron chi connectivity index (χ0n) is 19.9. The van der Waals surface area contributed by atoms with Crippen LogP contribution in [0.1, 0.15) is 60.5 Å². The predicted molar refractivity (Wildman–Crippen MR) is 138 cm³/mol. The number of carbonyl (C=O) groups is 1. The number of benzene rings is 1. The number of piperidine rings is 1. The topological polar surface area (TPSA) is 54.3 Å². The monoisotopic (exact) mass is 495 g/mol. The van der Waals surface area contributed by atoms with E-state index in [2.05, 4.69) is 67.2 Å². The molecule has 0 radical (unpaired) electrons. The number of hydrogen-bond acceptors (Lipinski definition) is 6. The van der Waals surface area contributed by atoms with Crippen molar-refractivity contribution in [3.8, 4) is 0 Å². The summed E-state index contributed by atoms with van der Waals surface area (Å²) >= 11 is 3.35. The third kappa shape index (κ3) is 5.24. The van der Waals surface area contributed by atoms with E-state index in [1.54, 1.807) is 0 Å². The highest BCUT2D eigenvalue weighted by Crippen LogP contribution is 2.35. The molecule has 5 rings (SSSR count). The van der Waals surface area contributed by atoms with Crippen LogP contribution < -0.4 is 0 Å². The van der Waals surface area contributed by atoms with Gasteiger partial charge in [-0.1, -0.05) is 55.4 Å². The normalized spacial score (nSPS) is 18.7. The largest absolute Gasteiger partial charge is 0.335 e. The number of likely N-dealkylation sites (tertiary alicyclic amines) is 1. The Bertz CT molecular complexity index is 1090. The smallest absolute Gasteiger partial charge is 0.233 e. The summed E-state index contributed by atoms with van der Waals surface area (Å²) < 4.78 is 2.21. The lowest BCUT2D eigenvalue weighted by molar-refractivity contribution is -0.131. The lowest BCUT2D eigenvalue weighted by Crippen LogP contribution is -2.40. The van der Waals surface area contributed by atoms with Gasteiger partial charge < -0.3 is 9.47 Å². The summed E-state index contributed by atoms with van der Waals surface area (Å²) in [6, 6.07) is 12.9. The van der Waals surface area contributed by atoms with Crippen LogP contribution in [-0.4, -0.2) is 55.9 Å². The van der Waals surface area contributed by atoms with Gasteiger partial charge in [0.25, 0.3) is 0 Å². The first-order chi connectivity index (χ1) is 16.7. The van der Waals surface area contributed by atoms with Crippen molar-refractivity contribution in [3.05, 3.63) is 63.6 Å². The van der Waals surface area contributed by atoms with Gasteiger partial charge in [-0.15, -0.1) is 21.5 Å². The molecule has 6 nitrogen and oxygen atoms in total. The van der Waals surface area contributed by atoms with E-state index in [0.29, 0.717) is 5.75 Å². The first-order valence-electron chi connectivity index (χ1n) is 12.4. The number of fused-ring (bicyclic) bond motifs is 1. The van der Waals surface area contributed by atoms with Crippen molar-refractivity contribution >= 4 is 29.0 Å². The van der Waals surface area contributed by atoms with E-state index in [-0.39, 0.29) is 11.9 Å². The molecule has 2 aliphatic rings. The molecule has 1 saturated heterocycles. The highest BCUT2D eigenvalue weighted by molar-refractivity contribution is 7.99. The molecule has 1 aromatic carbocycles. The van der Waals surface area contributed by atoms with E-state index in [4.69, 9.17) is 0 Å². The van der Waals surface area contributed by atoms with E-state index in [1.165, 1.54) is 47.0 Å². The number of nitrogens with zero attached hydrogens (tertiary/aromatic N) is 5. The molecule has 8 heteroatoms. The average Bonchev–Trinajstić information content (AvgIpc) is 3.50. The van der Waals surface area contributed by atoms with Gasteiger partial charge in [0, 0.05) is 11.4 Å². The summed E-state index contributed by atoms with van der Waals surface area (Å²) in [5, 5.41) is 12.1. The third-order valence-corrected chi connectivity index (χ3v) is 8.87. The molecule has 1 fully saturated rings. The minimum atomic E-state index is 0.194. The number of amides is 1. The van der Waals surface area contributed by atoms with Crippen molar-refractivity contribution in [3.63, 3.8) is 0 Å². The number of carbonyl (C=O) groups excluding carboxylic acids is 1. The Balaban J connectivity index is 1.31. The lowest BCUT2D eigenvalue weighted by atomic mass is 9.98. The molecular formula is C26H33N5OS2. The molecule has 1 unspecified atom stereocenters. The van der Waals surface area contributed by atoms with E-state index >= 15 is 0 Å². The van der Waals surface area contributed by atoms with Gasteiger partial charge >= 0.3 is 0 Å². The van der Waals surface area contributed by atoms with Gasteiger partial charge in [-0.3, -0.25) is 9.69 Å². The van der Waals surface area contributed by atoms with Crippen LogP contribution in [0.25, 0.3) is 0 Å². The Morgan fingerprint density at radius 2 is 1.88 bits per heavy atom. The molecule has 0 N–H and O–H groups in total. The third-order valence-electron chi connectivity index (χ3n) is 6.92. The van der Waals surface area contributed by atoms with E-state index < -0.39 is 0 Å². The molecule has 0 spiro atoms. The highest BCUT2D eigenvalue weighted by atomic mass is 32.2. The number of rotatable bonds is 8. The van der Waals surface area contributed by atoms with Crippen molar-refractivity contribution in [2.24, 2.45) is 0 Å². The fourth-order valence-electron chi connectivity index (χ4n) is 5.13. The molecule has 180 valence electrons. The summed E-state index contributed by atoms with van der Waals surface area (Å²) in [5.41, 5.74) is 2.57. The summed E-state index contributed by atoms with van der Waals surface area (Å²) in [6.07, 6.45) is 5.74. The standard InChI is InChI=1S/C26H33N5OS2/c1-2-22-21-12-16-33-23(21)11-15-30(22)25(32)19-34-26-28-27-24(18-29-13-7-4-8-14-29)31(26)17-20-9-5-3-6-10-20/h3,5-6,9-10,12,16,22H,2,4,7-8,11,13-15,17-19H2,1H3. The Hall–Kier alpha value is -2.16. The van der Waals surface area contributed by atoms with Crippen LogP contribution in [0.3, 0.4) is 0 Å². The lowest BCUT2D eigenvalue weighted by Gasteiger charge is -2.35. The first-order valence-corrected chi connectivity index (χ1v) is 14.3. The zero-order chi connectivity index (χ0) is 23.3. The molecule has 1 atom stereocenters. The second-order valence-electron chi connectivity index (χ2n) is 9.16. The van der Waals surface area contributed by atoms with Crippen LogP contribution in [0, 0.1) is 0 Å². The van der Waals surface area contributed by atoms with Gasteiger partial charge in [0.2, 0.25) is 5.91 Å². The Morgan fingerprint density at radius 1 is 1.06 bits per heavy atom. The molecule has 3 aromatic rings. The Labute approximate surface area is 210 Å². The maximum Gasteiger partial charge on any atom is 0.233 e. The van der Waals surface area contributed by atoms with Gasteiger partial charge in [0.05, 0.1) is 24.9 Å². The van der Waals surface area contributed by atoms with Crippen molar-refractivity contribution < 1.29 is 4.79 Å². The van der Waals surface area contributed by atoms with Crippen LogP contribution in [0.4, 0.5) is 0 Å². The van der Waals surface area contributed by atoms with Gasteiger partial charge in [-0.05, 0) is 61.3 Å². The number of thioether (sulfide) groups is 1. The number of hydrogen-bond donors (Lipinski definition) is 0. The van der Waals surface area contributed by atoms with E-state index in [0.717, 1.165) is 56.5 Å². The van der Waals surface area contributed by atoms with Crippen LogP contribution in [0.15, 0.2) is 46.9 Å². The van der Waals surface area contributed by atoms with Crippen LogP contribution in [0.2, 0.25) is 0 Å². The quantitative estimate of drug-likeness (QED) is 0.412. The minimum Gasteiger partial charge on any atom is -0.335 e. The number of thiophene rings is 1. The molecule has 0 saturated carbocycles. The van der Waals surface area contributed by atoms with E-state index in [9.17, 15) is 4.79 Å². The van der Waals surface area contributed by atoms with Gasteiger partial charge in [-0.25, -0.2) is 0 Å². The molecular weight excluding hydrogens is 462 g/mol. The molecule has 34 heavy (non-hydrogen) atoms. The van der Waals surface area contributed by atoms with Crippen molar-refractivity contribution in [2.75, 3.05) is 25.4 Å². The number of aromatic nitrogens is 3. The molecule has 2 aliphatic heterocycles. The van der Waals surface area contributed by atoms with Gasteiger partial charge in [0.15, 0.2) is 5.16 Å². The van der Waals surface area contributed by atoms with Crippen molar-refractivity contribution in [1.29, 1.82) is 0 Å². The fraction of sp³-hybridized carbons (Fsp3) is 0.500. The van der Waals surface area contributed by atoms with Crippen LogP contribution in [0.5, 0.6) is 0 Å². The predicted octanol–water partition coefficient (Wildman–Crippen LogP) is 5.00. The van der Waals surface area contributed by atoms with Crippen LogP contribution in [-0.2, 0) is 24.3 Å². The molecule has 1 amide bonds. The SMILES string of the molecule is CCC1c2ccsc2CCN1C(=O)CSc1nnc(CN2CCCCC2)n1Cc1ccccc1. The first kappa shape index (κ1) is 23.6. The molecule has 0 bridgehead atoms. The maximum absolute atomic E-state index is 13.3. The second-order valence-corrected chi connectivity index (χ2v) is 11.1.